The molecular formula is C7H10ClN5O3. The molecule has 1 rings (SSSR count). The van der Waals surface area contributed by atoms with E-state index in [2.05, 4.69) is 20.8 Å². The molecule has 0 aliphatic heterocycles. The number of nitrogens with zero attached hydrogens (tertiary/aromatic N) is 3. The summed E-state index contributed by atoms with van der Waals surface area (Å²) in [6.07, 6.45) is 1.25. The zero-order valence-corrected chi connectivity index (χ0v) is 8.94. The van der Waals surface area contributed by atoms with Crippen LogP contribution in [0.1, 0.15) is 0 Å². The number of urea groups is 1. The molecule has 2 amide bonds. The normalized spacial score (nSPS) is 9.81. The molecule has 0 unspecified atom stereocenters. The predicted octanol–water partition coefficient (Wildman–Crippen LogP) is -0.277. The van der Waals surface area contributed by atoms with Crippen molar-refractivity contribution in [3.05, 3.63) is 6.20 Å². The third-order valence-corrected chi connectivity index (χ3v) is 1.62. The minimum Gasteiger partial charge on any atom is -0.480 e. The molecule has 0 atom stereocenters. The Kier molecular flexibility index (Phi) is 4.52. The molecule has 0 saturated heterocycles. The summed E-state index contributed by atoms with van der Waals surface area (Å²) >= 11 is 5.37. The van der Waals surface area contributed by atoms with Gasteiger partial charge >= 0.3 is 12.0 Å². The third kappa shape index (κ3) is 4.13. The Bertz CT molecular complexity index is 380. The lowest BCUT2D eigenvalue weighted by Crippen LogP contribution is -2.30. The van der Waals surface area contributed by atoms with Crippen LogP contribution in [0.15, 0.2) is 6.20 Å². The number of hydrogen-bond donors (Lipinski definition) is 3. The summed E-state index contributed by atoms with van der Waals surface area (Å²) in [5.74, 6) is -0.582. The number of aromatic nitrogens is 3. The summed E-state index contributed by atoms with van der Waals surface area (Å²) in [6, 6.07) is -0.469. The number of anilines is 1. The van der Waals surface area contributed by atoms with Gasteiger partial charge in [0.2, 0.25) is 0 Å². The molecule has 88 valence electrons. The average molecular weight is 248 g/mol. The standard InChI is InChI=1S/C7H10ClN5O3/c8-1-2-9-7(16)11-5-3-10-13(12-5)4-6(14)15/h3H,1-2,4H2,(H,14,15)(H2,9,11,12,16). The van der Waals surface area contributed by atoms with E-state index in [0.29, 0.717) is 12.4 Å². The van der Waals surface area contributed by atoms with E-state index in [1.807, 2.05) is 0 Å². The van der Waals surface area contributed by atoms with Crippen molar-refractivity contribution < 1.29 is 14.7 Å². The fourth-order valence-electron chi connectivity index (χ4n) is 0.873. The van der Waals surface area contributed by atoms with Gasteiger partial charge in [-0.05, 0) is 0 Å². The van der Waals surface area contributed by atoms with Crippen LogP contribution in [0, 0.1) is 0 Å². The highest BCUT2D eigenvalue weighted by atomic mass is 35.5. The van der Waals surface area contributed by atoms with Crippen LogP contribution >= 0.6 is 11.6 Å². The number of nitrogens with one attached hydrogen (secondary N) is 2. The number of alkyl halides is 1. The third-order valence-electron chi connectivity index (χ3n) is 1.43. The second-order valence-electron chi connectivity index (χ2n) is 2.72. The Hall–Kier alpha value is -1.83. The number of aliphatic carboxylic acids is 1. The van der Waals surface area contributed by atoms with Crippen LogP contribution < -0.4 is 10.6 Å². The van der Waals surface area contributed by atoms with E-state index < -0.39 is 12.0 Å². The van der Waals surface area contributed by atoms with Gasteiger partial charge in [-0.25, -0.2) is 4.79 Å². The van der Waals surface area contributed by atoms with Crippen molar-refractivity contribution in [3.63, 3.8) is 0 Å². The molecule has 0 radical (unpaired) electrons. The van der Waals surface area contributed by atoms with Crippen LogP contribution in [0.3, 0.4) is 0 Å². The van der Waals surface area contributed by atoms with Gasteiger partial charge in [-0.3, -0.25) is 10.1 Å². The van der Waals surface area contributed by atoms with Gasteiger partial charge in [0, 0.05) is 12.4 Å². The van der Waals surface area contributed by atoms with Gasteiger partial charge in [0.25, 0.3) is 0 Å². The number of carboxylic acids is 1. The number of carbonyl (C=O) groups is 2. The Morgan fingerprint density at radius 3 is 2.94 bits per heavy atom. The summed E-state index contributed by atoms with van der Waals surface area (Å²) in [5.41, 5.74) is 0. The summed E-state index contributed by atoms with van der Waals surface area (Å²) in [5, 5.41) is 20.7. The smallest absolute Gasteiger partial charge is 0.327 e. The molecule has 1 heterocycles. The number of carboxylic acid groups (broad SMARTS) is 1. The molecule has 0 bridgehead atoms. The fourth-order valence-corrected chi connectivity index (χ4v) is 0.968. The molecule has 0 saturated carbocycles. The Morgan fingerprint density at radius 2 is 2.31 bits per heavy atom. The van der Waals surface area contributed by atoms with Crippen LogP contribution in [0.2, 0.25) is 0 Å². The maximum absolute atomic E-state index is 11.1. The minimum absolute atomic E-state index is 0.174. The van der Waals surface area contributed by atoms with Gasteiger partial charge in [-0.1, -0.05) is 0 Å². The highest BCUT2D eigenvalue weighted by Crippen LogP contribution is 1.98. The SMILES string of the molecule is O=C(O)Cn1ncc(NC(=O)NCCCl)n1. The molecule has 16 heavy (non-hydrogen) atoms. The zero-order valence-electron chi connectivity index (χ0n) is 8.18. The maximum atomic E-state index is 11.1. The lowest BCUT2D eigenvalue weighted by Gasteiger charge is -2.01. The van der Waals surface area contributed by atoms with Gasteiger partial charge in [0.1, 0.15) is 0 Å². The lowest BCUT2D eigenvalue weighted by atomic mass is 10.7. The lowest BCUT2D eigenvalue weighted by molar-refractivity contribution is -0.138. The van der Waals surface area contributed by atoms with Crippen LogP contribution in [-0.2, 0) is 11.3 Å². The Balaban J connectivity index is 2.45. The molecule has 0 fully saturated rings. The first-order valence-electron chi connectivity index (χ1n) is 4.34. The van der Waals surface area contributed by atoms with Crippen molar-refractivity contribution >= 4 is 29.4 Å². The molecule has 0 aliphatic rings. The van der Waals surface area contributed by atoms with Crippen molar-refractivity contribution in [2.75, 3.05) is 17.7 Å². The molecule has 0 aromatic carbocycles. The first-order chi connectivity index (χ1) is 7.61. The average Bonchev–Trinajstić information content (AvgIpc) is 2.61. The molecular weight excluding hydrogens is 238 g/mol. The fraction of sp³-hybridized carbons (Fsp3) is 0.429. The molecule has 3 N–H and O–H groups in total. The molecule has 1 aromatic rings. The van der Waals surface area contributed by atoms with Crippen LogP contribution in [0.25, 0.3) is 0 Å². The van der Waals surface area contributed by atoms with E-state index in [9.17, 15) is 9.59 Å². The van der Waals surface area contributed by atoms with Crippen molar-refractivity contribution in [2.24, 2.45) is 0 Å². The van der Waals surface area contributed by atoms with Crippen molar-refractivity contribution in [3.8, 4) is 0 Å². The first-order valence-corrected chi connectivity index (χ1v) is 4.88. The van der Waals surface area contributed by atoms with E-state index in [-0.39, 0.29) is 12.4 Å². The molecule has 9 heteroatoms. The number of amides is 2. The Labute approximate surface area is 95.6 Å². The second-order valence-corrected chi connectivity index (χ2v) is 3.10. The number of hydrogen-bond acceptors (Lipinski definition) is 4. The molecule has 8 nitrogen and oxygen atoms in total. The van der Waals surface area contributed by atoms with Crippen LogP contribution in [-0.4, -0.2) is 44.5 Å². The minimum atomic E-state index is -1.06. The van der Waals surface area contributed by atoms with E-state index in [1.165, 1.54) is 6.20 Å². The van der Waals surface area contributed by atoms with E-state index in [0.717, 1.165) is 4.80 Å². The number of rotatable bonds is 5. The topological polar surface area (TPSA) is 109 Å². The number of halogens is 1. The summed E-state index contributed by atoms with van der Waals surface area (Å²) in [6.45, 7) is -0.0262. The molecule has 0 aliphatic carbocycles. The van der Waals surface area contributed by atoms with Gasteiger partial charge in [0.15, 0.2) is 12.4 Å². The first kappa shape index (κ1) is 12.2. The second kappa shape index (κ2) is 5.91. The van der Waals surface area contributed by atoms with Gasteiger partial charge in [-0.15, -0.1) is 16.7 Å². The quantitative estimate of drug-likeness (QED) is 0.620. The van der Waals surface area contributed by atoms with E-state index in [1.54, 1.807) is 0 Å². The highest BCUT2D eigenvalue weighted by molar-refractivity contribution is 6.18. The van der Waals surface area contributed by atoms with Crippen LogP contribution in [0.5, 0.6) is 0 Å². The zero-order chi connectivity index (χ0) is 12.0. The molecule has 0 spiro atoms. The predicted molar refractivity (Wildman–Crippen MR) is 55.4 cm³/mol. The van der Waals surface area contributed by atoms with Gasteiger partial charge in [-0.2, -0.15) is 9.90 Å². The van der Waals surface area contributed by atoms with Crippen molar-refractivity contribution in [1.82, 2.24) is 20.3 Å². The highest BCUT2D eigenvalue weighted by Gasteiger charge is 2.06. The maximum Gasteiger partial charge on any atom is 0.327 e. The van der Waals surface area contributed by atoms with Gasteiger partial charge in [0.05, 0.1) is 6.20 Å². The number of carbonyl (C=O) groups excluding carboxylic acids is 1. The largest absolute Gasteiger partial charge is 0.480 e. The summed E-state index contributed by atoms with van der Waals surface area (Å²) in [7, 11) is 0. The van der Waals surface area contributed by atoms with E-state index in [4.69, 9.17) is 16.7 Å². The van der Waals surface area contributed by atoms with E-state index >= 15 is 0 Å². The van der Waals surface area contributed by atoms with Crippen molar-refractivity contribution in [2.45, 2.75) is 6.54 Å². The molecule has 1 aromatic heterocycles. The summed E-state index contributed by atoms with van der Waals surface area (Å²) < 4.78 is 0. The van der Waals surface area contributed by atoms with Crippen LogP contribution in [0.4, 0.5) is 10.6 Å². The Morgan fingerprint density at radius 1 is 1.56 bits per heavy atom. The van der Waals surface area contributed by atoms with Gasteiger partial charge < -0.3 is 10.4 Å². The monoisotopic (exact) mass is 247 g/mol. The summed E-state index contributed by atoms with van der Waals surface area (Å²) in [4.78, 5) is 22.4. The van der Waals surface area contributed by atoms with Crippen molar-refractivity contribution in [1.29, 1.82) is 0 Å².